The summed E-state index contributed by atoms with van der Waals surface area (Å²) >= 11 is 5.92. The van der Waals surface area contributed by atoms with Gasteiger partial charge in [-0.3, -0.25) is 4.72 Å². The summed E-state index contributed by atoms with van der Waals surface area (Å²) in [5.74, 6) is -0.449. The summed E-state index contributed by atoms with van der Waals surface area (Å²) < 4.78 is 101. The lowest BCUT2D eigenvalue weighted by Crippen LogP contribution is -2.30. The Hall–Kier alpha value is -2.47. The van der Waals surface area contributed by atoms with Crippen LogP contribution in [-0.4, -0.2) is 19.6 Å². The molecule has 5 nitrogen and oxygen atoms in total. The van der Waals surface area contributed by atoms with E-state index in [0.29, 0.717) is 5.56 Å². The second-order valence-corrected chi connectivity index (χ2v) is 8.95. The first-order valence-electron chi connectivity index (χ1n) is 8.87. The molecule has 0 heterocycles. The molecule has 176 valence electrons. The molecule has 0 spiro atoms. The number of oxime groups is 1. The van der Waals surface area contributed by atoms with Gasteiger partial charge in [-0.1, -0.05) is 42.7 Å². The maximum Gasteiger partial charge on any atom is 0.516 e. The number of hydrogen-bond acceptors (Lipinski definition) is 4. The lowest BCUT2D eigenvalue weighted by atomic mass is 9.99. The molecular formula is C19H17ClF6N2O3S. The van der Waals surface area contributed by atoms with Gasteiger partial charge in [-0.2, -0.15) is 34.8 Å². The van der Waals surface area contributed by atoms with E-state index >= 15 is 0 Å². The number of nitrogens with one attached hydrogen (secondary N) is 1. The van der Waals surface area contributed by atoms with Gasteiger partial charge in [0.2, 0.25) is 0 Å². The zero-order valence-corrected chi connectivity index (χ0v) is 18.1. The third-order valence-corrected chi connectivity index (χ3v) is 5.36. The molecule has 2 aromatic carbocycles. The van der Waals surface area contributed by atoms with Crippen LogP contribution in [-0.2, 0) is 27.6 Å². The zero-order chi connectivity index (χ0) is 24.3. The minimum Gasteiger partial charge on any atom is -0.391 e. The smallest absolute Gasteiger partial charge is 0.391 e. The summed E-state index contributed by atoms with van der Waals surface area (Å²) in [4.78, 5) is 5.18. The van der Waals surface area contributed by atoms with Crippen molar-refractivity contribution in [2.75, 3.05) is 4.72 Å². The summed E-state index contributed by atoms with van der Waals surface area (Å²) in [6.07, 6.45) is -4.49. The van der Waals surface area contributed by atoms with E-state index in [4.69, 9.17) is 16.4 Å². The van der Waals surface area contributed by atoms with E-state index in [1.165, 1.54) is 29.0 Å². The predicted molar refractivity (Wildman–Crippen MR) is 108 cm³/mol. The molecule has 0 unspecified atom stereocenters. The molecule has 0 atom stereocenters. The first-order valence-corrected chi connectivity index (χ1v) is 10.7. The van der Waals surface area contributed by atoms with E-state index in [1.54, 1.807) is 13.8 Å². The van der Waals surface area contributed by atoms with Crippen LogP contribution in [0.1, 0.15) is 30.5 Å². The molecule has 1 N–H and O–H groups in total. The van der Waals surface area contributed by atoms with Gasteiger partial charge in [-0.15, -0.1) is 0 Å². The third-order valence-electron chi connectivity index (χ3n) is 4.03. The summed E-state index contributed by atoms with van der Waals surface area (Å²) in [5.41, 5.74) is -6.43. The standard InChI is InChI=1S/C19H17ClF6N2O3S/c1-11(2)17(27-31-10-12-3-5-13(6-4-12)18(21,22)23)15-9-14(20)7-8-16(15)28-32(29,30)19(24,25)26/h3-9,11,28H,10H2,1-2H3. The first kappa shape index (κ1) is 25.8. The van der Waals surface area contributed by atoms with Crippen molar-refractivity contribution < 1.29 is 39.6 Å². The van der Waals surface area contributed by atoms with Gasteiger partial charge < -0.3 is 4.84 Å². The van der Waals surface area contributed by atoms with Crippen LogP contribution in [0, 0.1) is 5.92 Å². The second-order valence-electron chi connectivity index (χ2n) is 6.84. The largest absolute Gasteiger partial charge is 0.516 e. The van der Waals surface area contributed by atoms with Gasteiger partial charge in [0, 0.05) is 10.6 Å². The van der Waals surface area contributed by atoms with Crippen LogP contribution < -0.4 is 4.72 Å². The number of anilines is 1. The highest BCUT2D eigenvalue weighted by Gasteiger charge is 2.46. The van der Waals surface area contributed by atoms with Crippen LogP contribution >= 0.6 is 11.6 Å². The van der Waals surface area contributed by atoms with E-state index in [1.807, 2.05) is 0 Å². The van der Waals surface area contributed by atoms with Crippen LogP contribution in [0.25, 0.3) is 0 Å². The molecule has 0 aliphatic heterocycles. The van der Waals surface area contributed by atoms with E-state index in [0.717, 1.165) is 18.2 Å². The quantitative estimate of drug-likeness (QED) is 0.278. The van der Waals surface area contributed by atoms with Crippen molar-refractivity contribution in [3.05, 3.63) is 64.2 Å². The maximum absolute atomic E-state index is 12.8. The summed E-state index contributed by atoms with van der Waals surface area (Å²) in [7, 11) is -5.71. The molecule has 2 aromatic rings. The van der Waals surface area contributed by atoms with Crippen LogP contribution in [0.4, 0.5) is 32.0 Å². The summed E-state index contributed by atoms with van der Waals surface area (Å²) in [6, 6.07) is 7.58. The molecular weight excluding hydrogens is 486 g/mol. The van der Waals surface area contributed by atoms with Crippen molar-refractivity contribution in [2.24, 2.45) is 11.1 Å². The topological polar surface area (TPSA) is 67.8 Å². The predicted octanol–water partition coefficient (Wildman–Crippen LogP) is 6.20. The fraction of sp³-hybridized carbons (Fsp3) is 0.316. The van der Waals surface area contributed by atoms with Crippen LogP contribution in [0.15, 0.2) is 47.6 Å². The molecule has 0 saturated heterocycles. The van der Waals surface area contributed by atoms with E-state index in [9.17, 15) is 34.8 Å². The average Bonchev–Trinajstić information content (AvgIpc) is 2.65. The SMILES string of the molecule is CC(C)C(=NOCc1ccc(C(F)(F)F)cc1)c1cc(Cl)ccc1NS(=O)(=O)C(F)(F)F. The van der Waals surface area contributed by atoms with Crippen LogP contribution in [0.3, 0.4) is 0 Å². The van der Waals surface area contributed by atoms with Crippen molar-refractivity contribution in [1.29, 1.82) is 0 Å². The summed E-state index contributed by atoms with van der Waals surface area (Å²) in [6.45, 7) is 3.02. The molecule has 0 radical (unpaired) electrons. The van der Waals surface area contributed by atoms with Gasteiger partial charge in [0.1, 0.15) is 6.61 Å². The molecule has 0 fully saturated rings. The van der Waals surface area contributed by atoms with Crippen LogP contribution in [0.5, 0.6) is 0 Å². The van der Waals surface area contributed by atoms with Crippen molar-refractivity contribution >= 4 is 33.0 Å². The van der Waals surface area contributed by atoms with Crippen molar-refractivity contribution in [1.82, 2.24) is 0 Å². The fourth-order valence-corrected chi connectivity index (χ4v) is 3.21. The van der Waals surface area contributed by atoms with Crippen molar-refractivity contribution in [3.63, 3.8) is 0 Å². The lowest BCUT2D eigenvalue weighted by molar-refractivity contribution is -0.137. The molecule has 0 aromatic heterocycles. The van der Waals surface area contributed by atoms with Gasteiger partial charge in [0.15, 0.2) is 0 Å². The number of benzene rings is 2. The molecule has 0 saturated carbocycles. The average molecular weight is 503 g/mol. The monoisotopic (exact) mass is 502 g/mol. The first-order chi connectivity index (χ1) is 14.6. The van der Waals surface area contributed by atoms with Gasteiger partial charge in [-0.05, 0) is 41.8 Å². The molecule has 32 heavy (non-hydrogen) atoms. The highest BCUT2D eigenvalue weighted by molar-refractivity contribution is 7.93. The fourth-order valence-electron chi connectivity index (χ4n) is 2.45. The molecule has 0 bridgehead atoms. The Morgan fingerprint density at radius 3 is 2.16 bits per heavy atom. The zero-order valence-electron chi connectivity index (χ0n) is 16.6. The number of sulfonamides is 1. The van der Waals surface area contributed by atoms with Gasteiger partial charge in [0.05, 0.1) is 17.0 Å². The number of halogens is 7. The molecule has 13 heteroatoms. The molecule has 2 rings (SSSR count). The summed E-state index contributed by atoms with van der Waals surface area (Å²) in [5, 5.41) is 3.98. The Bertz CT molecular complexity index is 1080. The van der Waals surface area contributed by atoms with E-state index in [2.05, 4.69) is 5.16 Å². The number of hydrogen-bond donors (Lipinski definition) is 1. The van der Waals surface area contributed by atoms with Crippen molar-refractivity contribution in [3.8, 4) is 0 Å². The van der Waals surface area contributed by atoms with Gasteiger partial charge in [0.25, 0.3) is 0 Å². The van der Waals surface area contributed by atoms with E-state index in [-0.39, 0.29) is 22.9 Å². The normalized spacial score (nSPS) is 13.4. The van der Waals surface area contributed by atoms with E-state index < -0.39 is 38.9 Å². The Balaban J connectivity index is 2.32. The Morgan fingerprint density at radius 2 is 1.66 bits per heavy atom. The molecule has 0 amide bonds. The number of alkyl halides is 6. The Labute approximate surface area is 185 Å². The van der Waals surface area contributed by atoms with Crippen molar-refractivity contribution in [2.45, 2.75) is 32.1 Å². The minimum absolute atomic E-state index is 0.0484. The Morgan fingerprint density at radius 1 is 1.06 bits per heavy atom. The van der Waals surface area contributed by atoms with Gasteiger partial charge in [-0.25, -0.2) is 0 Å². The Kier molecular flexibility index (Phi) is 7.71. The highest BCUT2D eigenvalue weighted by Crippen LogP contribution is 2.31. The van der Waals surface area contributed by atoms with Gasteiger partial charge >= 0.3 is 21.7 Å². The molecule has 0 aliphatic rings. The second kappa shape index (κ2) is 9.57. The number of rotatable bonds is 7. The minimum atomic E-state index is -5.71. The van der Waals surface area contributed by atoms with Crippen LogP contribution in [0.2, 0.25) is 5.02 Å². The highest BCUT2D eigenvalue weighted by atomic mass is 35.5. The third kappa shape index (κ3) is 6.52. The maximum atomic E-state index is 12.8. The number of nitrogens with zero attached hydrogens (tertiary/aromatic N) is 1. The lowest BCUT2D eigenvalue weighted by Gasteiger charge is -2.17. The molecule has 0 aliphatic carbocycles.